The molecule has 0 spiro atoms. The Morgan fingerprint density at radius 1 is 1.00 bits per heavy atom. The Morgan fingerprint density at radius 2 is 1.64 bits per heavy atom. The van der Waals surface area contributed by atoms with Crippen LogP contribution in [-0.4, -0.2) is 34.8 Å². The minimum Gasteiger partial charge on any atom is -0.447 e. The van der Waals surface area contributed by atoms with E-state index in [0.717, 1.165) is 19.3 Å². The largest absolute Gasteiger partial charge is 0.447 e. The van der Waals surface area contributed by atoms with Gasteiger partial charge in [-0.1, -0.05) is 48.5 Å². The zero-order valence-corrected chi connectivity index (χ0v) is 15.5. The zero-order valence-electron chi connectivity index (χ0n) is 15.5. The lowest BCUT2D eigenvalue weighted by Gasteiger charge is -2.30. The maximum atomic E-state index is 13.0. The summed E-state index contributed by atoms with van der Waals surface area (Å²) in [6, 6.07) is 14.9. The van der Waals surface area contributed by atoms with Crippen LogP contribution < -0.4 is 0 Å². The van der Waals surface area contributed by atoms with Crippen LogP contribution in [0.25, 0.3) is 0 Å². The van der Waals surface area contributed by atoms with Gasteiger partial charge in [-0.3, -0.25) is 19.7 Å². The summed E-state index contributed by atoms with van der Waals surface area (Å²) in [5.41, 5.74) is 0.710. The molecule has 1 fully saturated rings. The molecule has 1 atom stereocenters. The highest BCUT2D eigenvalue weighted by Crippen LogP contribution is 2.25. The van der Waals surface area contributed by atoms with E-state index in [0.29, 0.717) is 18.7 Å². The second-order valence-electron chi connectivity index (χ2n) is 6.73. The van der Waals surface area contributed by atoms with Crippen molar-refractivity contribution >= 4 is 17.6 Å². The number of likely N-dealkylation sites (tertiary alicyclic amines) is 1. The van der Waals surface area contributed by atoms with E-state index in [-0.39, 0.29) is 23.6 Å². The van der Waals surface area contributed by atoms with E-state index in [2.05, 4.69) is 0 Å². The molecule has 1 heterocycles. The van der Waals surface area contributed by atoms with Crippen LogP contribution in [-0.2, 0) is 20.7 Å². The Bertz CT molecular complexity index is 847. The number of rotatable bonds is 6. The van der Waals surface area contributed by atoms with Gasteiger partial charge >= 0.3 is 5.97 Å². The number of nitro groups is 1. The van der Waals surface area contributed by atoms with Crippen LogP contribution >= 0.6 is 0 Å². The number of piperidine rings is 1. The van der Waals surface area contributed by atoms with E-state index in [4.69, 9.17) is 4.74 Å². The van der Waals surface area contributed by atoms with Crippen molar-refractivity contribution < 1.29 is 19.2 Å². The standard InChI is InChI=1S/C21H22N2O5/c24-19(15-17-11-5-6-12-18(17)23(26)27)28-20(16-9-3-1-4-10-16)21(25)22-13-7-2-8-14-22/h1,3-6,9-12,20H,2,7-8,13-15H2. The molecule has 1 aliphatic heterocycles. The third-order valence-electron chi connectivity index (χ3n) is 4.77. The first-order chi connectivity index (χ1) is 13.6. The van der Waals surface area contributed by atoms with E-state index < -0.39 is 17.0 Å². The number of ether oxygens (including phenoxy) is 1. The summed E-state index contributed by atoms with van der Waals surface area (Å²) in [7, 11) is 0. The predicted molar refractivity (Wildman–Crippen MR) is 103 cm³/mol. The Kier molecular flexibility index (Phi) is 6.37. The molecule has 0 N–H and O–H groups in total. The molecule has 146 valence electrons. The first-order valence-electron chi connectivity index (χ1n) is 9.32. The lowest BCUT2D eigenvalue weighted by atomic mass is 10.1. The van der Waals surface area contributed by atoms with Crippen LogP contribution in [0.15, 0.2) is 54.6 Å². The van der Waals surface area contributed by atoms with Crippen LogP contribution in [0.3, 0.4) is 0 Å². The van der Waals surface area contributed by atoms with Crippen LogP contribution in [0.1, 0.15) is 36.5 Å². The lowest BCUT2D eigenvalue weighted by molar-refractivity contribution is -0.385. The summed E-state index contributed by atoms with van der Waals surface area (Å²) in [5, 5.41) is 11.2. The molecule has 1 saturated heterocycles. The molecule has 1 amide bonds. The SMILES string of the molecule is O=C(Cc1ccccc1[N+](=O)[O-])OC(C(=O)N1CCCCC1)c1ccccc1. The van der Waals surface area contributed by atoms with Gasteiger partial charge in [-0.2, -0.15) is 0 Å². The lowest BCUT2D eigenvalue weighted by Crippen LogP contribution is -2.40. The molecule has 1 unspecified atom stereocenters. The van der Waals surface area contributed by atoms with Crippen LogP contribution in [0, 0.1) is 10.1 Å². The Balaban J connectivity index is 1.78. The fourth-order valence-electron chi connectivity index (χ4n) is 3.34. The number of esters is 1. The maximum Gasteiger partial charge on any atom is 0.311 e. The van der Waals surface area contributed by atoms with Crippen LogP contribution in [0.4, 0.5) is 5.69 Å². The van der Waals surface area contributed by atoms with Gasteiger partial charge in [0, 0.05) is 30.3 Å². The van der Waals surface area contributed by atoms with Crippen molar-refractivity contribution in [3.8, 4) is 0 Å². The summed E-state index contributed by atoms with van der Waals surface area (Å²) >= 11 is 0. The Labute approximate surface area is 163 Å². The fraction of sp³-hybridized carbons (Fsp3) is 0.333. The summed E-state index contributed by atoms with van der Waals surface area (Å²) in [6.07, 6.45) is 1.62. The monoisotopic (exact) mass is 382 g/mol. The number of benzene rings is 2. The number of carbonyl (C=O) groups is 2. The molecule has 3 rings (SSSR count). The maximum absolute atomic E-state index is 13.0. The number of hydrogen-bond donors (Lipinski definition) is 0. The van der Waals surface area contributed by atoms with E-state index >= 15 is 0 Å². The van der Waals surface area contributed by atoms with E-state index in [1.807, 2.05) is 6.07 Å². The zero-order chi connectivity index (χ0) is 19.9. The first-order valence-corrected chi connectivity index (χ1v) is 9.32. The van der Waals surface area contributed by atoms with Crippen molar-refractivity contribution in [2.45, 2.75) is 31.8 Å². The van der Waals surface area contributed by atoms with Gasteiger partial charge in [0.15, 0.2) is 0 Å². The molecule has 7 heteroatoms. The number of nitro benzene ring substituents is 1. The number of amides is 1. The molecule has 0 aromatic heterocycles. The average Bonchev–Trinajstić information content (AvgIpc) is 2.73. The molecule has 0 aliphatic carbocycles. The average molecular weight is 382 g/mol. The van der Waals surface area contributed by atoms with Crippen molar-refractivity contribution in [1.82, 2.24) is 4.90 Å². The second-order valence-corrected chi connectivity index (χ2v) is 6.73. The molecule has 1 aliphatic rings. The summed E-state index contributed by atoms with van der Waals surface area (Å²) < 4.78 is 5.54. The highest BCUT2D eigenvalue weighted by Gasteiger charge is 2.30. The predicted octanol–water partition coefficient (Wildman–Crippen LogP) is 3.43. The quantitative estimate of drug-likeness (QED) is 0.434. The van der Waals surface area contributed by atoms with Gasteiger partial charge in [-0.25, -0.2) is 0 Å². The number of nitrogens with zero attached hydrogens (tertiary/aromatic N) is 2. The topological polar surface area (TPSA) is 89.7 Å². The van der Waals surface area contributed by atoms with Gasteiger partial charge in [0.25, 0.3) is 11.6 Å². The van der Waals surface area contributed by atoms with Crippen LogP contribution in [0.2, 0.25) is 0 Å². The molecular weight excluding hydrogens is 360 g/mol. The van der Waals surface area contributed by atoms with E-state index in [9.17, 15) is 19.7 Å². The van der Waals surface area contributed by atoms with Crippen molar-refractivity contribution in [3.05, 3.63) is 75.8 Å². The Hall–Kier alpha value is -3.22. The molecule has 7 nitrogen and oxygen atoms in total. The third-order valence-corrected chi connectivity index (χ3v) is 4.77. The Morgan fingerprint density at radius 3 is 2.32 bits per heavy atom. The minimum atomic E-state index is -1.05. The van der Waals surface area contributed by atoms with Gasteiger partial charge in [0.2, 0.25) is 6.10 Å². The molecule has 0 saturated carbocycles. The van der Waals surface area contributed by atoms with E-state index in [1.165, 1.54) is 12.1 Å². The third kappa shape index (κ3) is 4.73. The number of hydrogen-bond acceptors (Lipinski definition) is 5. The number of para-hydroxylation sites is 1. The molecule has 2 aromatic rings. The van der Waals surface area contributed by atoms with Gasteiger partial charge < -0.3 is 9.64 Å². The van der Waals surface area contributed by atoms with Crippen molar-refractivity contribution in [2.24, 2.45) is 0 Å². The smallest absolute Gasteiger partial charge is 0.311 e. The molecule has 0 bridgehead atoms. The molecule has 0 radical (unpaired) electrons. The normalized spacial score (nSPS) is 14.9. The van der Waals surface area contributed by atoms with Gasteiger partial charge in [-0.15, -0.1) is 0 Å². The fourth-order valence-corrected chi connectivity index (χ4v) is 3.34. The number of carbonyl (C=O) groups excluding carboxylic acids is 2. The molecule has 2 aromatic carbocycles. The summed E-state index contributed by atoms with van der Waals surface area (Å²) in [6.45, 7) is 1.29. The van der Waals surface area contributed by atoms with Gasteiger partial charge in [-0.05, 0) is 19.3 Å². The second kappa shape index (κ2) is 9.12. The first kappa shape index (κ1) is 19.5. The summed E-state index contributed by atoms with van der Waals surface area (Å²) in [4.78, 5) is 37.9. The van der Waals surface area contributed by atoms with Crippen molar-refractivity contribution in [3.63, 3.8) is 0 Å². The van der Waals surface area contributed by atoms with Crippen LogP contribution in [0.5, 0.6) is 0 Å². The molecular formula is C21H22N2O5. The van der Waals surface area contributed by atoms with Gasteiger partial charge in [0.1, 0.15) is 0 Å². The minimum absolute atomic E-state index is 0.141. The summed E-state index contributed by atoms with van der Waals surface area (Å²) in [5.74, 6) is -0.921. The highest BCUT2D eigenvalue weighted by molar-refractivity contribution is 5.85. The highest BCUT2D eigenvalue weighted by atomic mass is 16.6. The van der Waals surface area contributed by atoms with Gasteiger partial charge in [0.05, 0.1) is 11.3 Å². The molecule has 28 heavy (non-hydrogen) atoms. The van der Waals surface area contributed by atoms with Crippen molar-refractivity contribution in [2.75, 3.05) is 13.1 Å². The van der Waals surface area contributed by atoms with E-state index in [1.54, 1.807) is 41.3 Å². The van der Waals surface area contributed by atoms with Crippen molar-refractivity contribution in [1.29, 1.82) is 0 Å².